The first-order chi connectivity index (χ1) is 8.66. The summed E-state index contributed by atoms with van der Waals surface area (Å²) in [7, 11) is 0. The highest BCUT2D eigenvalue weighted by atomic mass is 16.3. The van der Waals surface area contributed by atoms with Gasteiger partial charge in [0.15, 0.2) is 0 Å². The fourth-order valence-corrected chi connectivity index (χ4v) is 3.29. The molecule has 2 aliphatic rings. The highest BCUT2D eigenvalue weighted by molar-refractivity contribution is 5.72. The summed E-state index contributed by atoms with van der Waals surface area (Å²) in [5.74, 6) is 0.686. The molecule has 0 bridgehead atoms. The fraction of sp³-hybridized carbons (Fsp3) is 0.929. The third-order valence-corrected chi connectivity index (χ3v) is 4.45. The Bertz CT molecular complexity index is 275. The zero-order valence-electron chi connectivity index (χ0n) is 11.4. The van der Waals surface area contributed by atoms with Gasteiger partial charge >= 0.3 is 0 Å². The Labute approximate surface area is 110 Å². The number of carbonyl (C=O) groups excluding carboxylic acids is 1. The molecular weight excluding hydrogens is 228 g/mol. The van der Waals surface area contributed by atoms with E-state index < -0.39 is 0 Å². The topological polar surface area (TPSA) is 52.6 Å². The lowest BCUT2D eigenvalue weighted by Crippen LogP contribution is -2.49. The van der Waals surface area contributed by atoms with Gasteiger partial charge in [-0.2, -0.15) is 0 Å². The van der Waals surface area contributed by atoms with Crippen molar-refractivity contribution < 1.29 is 9.90 Å². The zero-order chi connectivity index (χ0) is 13.0. The van der Waals surface area contributed by atoms with Gasteiger partial charge in [-0.25, -0.2) is 0 Å². The molecule has 2 atom stereocenters. The van der Waals surface area contributed by atoms with Gasteiger partial charge in [-0.05, 0) is 44.7 Å². The van der Waals surface area contributed by atoms with Crippen LogP contribution in [-0.2, 0) is 4.79 Å². The molecule has 0 aromatic heterocycles. The van der Waals surface area contributed by atoms with E-state index in [2.05, 4.69) is 10.2 Å². The summed E-state index contributed by atoms with van der Waals surface area (Å²) < 4.78 is 0. The van der Waals surface area contributed by atoms with Crippen LogP contribution in [0.25, 0.3) is 0 Å². The van der Waals surface area contributed by atoms with Gasteiger partial charge in [-0.15, -0.1) is 0 Å². The van der Waals surface area contributed by atoms with Crippen molar-refractivity contribution in [3.05, 3.63) is 0 Å². The predicted molar refractivity (Wildman–Crippen MR) is 71.2 cm³/mol. The van der Waals surface area contributed by atoms with Gasteiger partial charge in [0.1, 0.15) is 0 Å². The Kier molecular flexibility index (Phi) is 5.01. The summed E-state index contributed by atoms with van der Waals surface area (Å²) in [6, 6.07) is 0.389. The van der Waals surface area contributed by atoms with E-state index in [-0.39, 0.29) is 12.0 Å². The predicted octanol–water partition coefficient (Wildman–Crippen LogP) is 1.14. The van der Waals surface area contributed by atoms with Gasteiger partial charge in [0.05, 0.1) is 6.10 Å². The lowest BCUT2D eigenvalue weighted by molar-refractivity contribution is -0.119. The third-order valence-electron chi connectivity index (χ3n) is 4.45. The summed E-state index contributed by atoms with van der Waals surface area (Å²) in [6.07, 6.45) is 6.72. The molecule has 1 saturated carbocycles. The van der Waals surface area contributed by atoms with Crippen LogP contribution in [0.4, 0.5) is 0 Å². The van der Waals surface area contributed by atoms with E-state index in [1.807, 2.05) is 0 Å². The number of carbonyl (C=O) groups is 1. The van der Waals surface area contributed by atoms with Gasteiger partial charge in [0, 0.05) is 19.5 Å². The first-order valence-electron chi connectivity index (χ1n) is 7.33. The molecule has 0 spiro atoms. The lowest BCUT2D eigenvalue weighted by Gasteiger charge is -2.41. The van der Waals surface area contributed by atoms with Crippen molar-refractivity contribution in [2.45, 2.75) is 57.6 Å². The Morgan fingerprint density at radius 2 is 1.89 bits per heavy atom. The van der Waals surface area contributed by atoms with Gasteiger partial charge in [-0.3, -0.25) is 9.69 Å². The van der Waals surface area contributed by atoms with E-state index >= 15 is 0 Å². The number of hydrogen-bond donors (Lipinski definition) is 2. The van der Waals surface area contributed by atoms with E-state index in [4.69, 9.17) is 0 Å². The number of piperidine rings is 1. The van der Waals surface area contributed by atoms with Crippen molar-refractivity contribution in [1.29, 1.82) is 0 Å². The molecular formula is C14H26N2O2. The summed E-state index contributed by atoms with van der Waals surface area (Å²) in [4.78, 5) is 13.4. The molecule has 1 aliphatic carbocycles. The van der Waals surface area contributed by atoms with Gasteiger partial charge < -0.3 is 10.4 Å². The quantitative estimate of drug-likeness (QED) is 0.794. The molecule has 104 valence electrons. The summed E-state index contributed by atoms with van der Waals surface area (Å²) in [5.41, 5.74) is 0. The molecule has 2 N–H and O–H groups in total. The second kappa shape index (κ2) is 6.53. The average Bonchev–Trinajstić information content (AvgIpc) is 2.38. The smallest absolute Gasteiger partial charge is 0.216 e. The third kappa shape index (κ3) is 3.69. The molecule has 1 saturated heterocycles. The fourth-order valence-electron chi connectivity index (χ4n) is 3.29. The minimum absolute atomic E-state index is 0.0696. The molecule has 0 aromatic rings. The molecule has 0 radical (unpaired) electrons. The molecule has 4 heteroatoms. The largest absolute Gasteiger partial charge is 0.391 e. The summed E-state index contributed by atoms with van der Waals surface area (Å²) in [5, 5.41) is 13.0. The van der Waals surface area contributed by atoms with E-state index in [1.165, 1.54) is 12.8 Å². The molecule has 18 heavy (non-hydrogen) atoms. The number of nitrogens with zero attached hydrogens (tertiary/aromatic N) is 1. The van der Waals surface area contributed by atoms with Crippen molar-refractivity contribution in [1.82, 2.24) is 10.2 Å². The standard InChI is InChI=1S/C14H26N2O2/c1-11(17)15-10-12-6-8-16(9-7-12)13-4-2-3-5-14(13)18/h12-14,18H,2-10H2,1H3,(H,15,17)/t13-,14-/m1/s1. The molecule has 1 aliphatic heterocycles. The van der Waals surface area contributed by atoms with Crippen LogP contribution in [0, 0.1) is 5.92 Å². The lowest BCUT2D eigenvalue weighted by atomic mass is 9.88. The molecule has 0 aromatic carbocycles. The highest BCUT2D eigenvalue weighted by Crippen LogP contribution is 2.27. The van der Waals surface area contributed by atoms with E-state index in [1.54, 1.807) is 6.92 Å². The maximum absolute atomic E-state index is 10.9. The summed E-state index contributed by atoms with van der Waals surface area (Å²) >= 11 is 0. The second-order valence-corrected chi connectivity index (χ2v) is 5.84. The van der Waals surface area contributed by atoms with E-state index in [0.717, 1.165) is 45.3 Å². The Morgan fingerprint density at radius 1 is 1.22 bits per heavy atom. The Hall–Kier alpha value is -0.610. The van der Waals surface area contributed by atoms with Crippen LogP contribution < -0.4 is 5.32 Å². The van der Waals surface area contributed by atoms with E-state index in [9.17, 15) is 9.90 Å². The van der Waals surface area contributed by atoms with Crippen LogP contribution in [0.15, 0.2) is 0 Å². The number of amides is 1. The number of aliphatic hydroxyl groups is 1. The minimum atomic E-state index is -0.120. The maximum atomic E-state index is 10.9. The monoisotopic (exact) mass is 254 g/mol. The Balaban J connectivity index is 1.74. The number of likely N-dealkylation sites (tertiary alicyclic amines) is 1. The first kappa shape index (κ1) is 13.8. The molecule has 1 heterocycles. The van der Waals surface area contributed by atoms with Crippen LogP contribution in [0.1, 0.15) is 45.4 Å². The molecule has 1 amide bonds. The summed E-state index contributed by atoms with van der Waals surface area (Å²) in [6.45, 7) is 4.54. The SMILES string of the molecule is CC(=O)NCC1CCN([C@@H]2CCCC[C@H]2O)CC1. The second-order valence-electron chi connectivity index (χ2n) is 5.84. The first-order valence-corrected chi connectivity index (χ1v) is 7.33. The number of nitrogens with one attached hydrogen (secondary N) is 1. The molecule has 0 unspecified atom stereocenters. The molecule has 2 fully saturated rings. The average molecular weight is 254 g/mol. The van der Waals surface area contributed by atoms with Crippen LogP contribution in [0.5, 0.6) is 0 Å². The van der Waals surface area contributed by atoms with Crippen LogP contribution in [-0.4, -0.2) is 47.7 Å². The highest BCUT2D eigenvalue weighted by Gasteiger charge is 2.31. The van der Waals surface area contributed by atoms with Crippen molar-refractivity contribution in [3.63, 3.8) is 0 Å². The molecule has 2 rings (SSSR count). The van der Waals surface area contributed by atoms with Gasteiger partial charge in [0.2, 0.25) is 5.91 Å². The normalized spacial score (nSPS) is 31.2. The van der Waals surface area contributed by atoms with Crippen LogP contribution in [0.2, 0.25) is 0 Å². The number of hydrogen-bond acceptors (Lipinski definition) is 3. The Morgan fingerprint density at radius 3 is 2.50 bits per heavy atom. The van der Waals surface area contributed by atoms with Gasteiger partial charge in [0.25, 0.3) is 0 Å². The van der Waals surface area contributed by atoms with Crippen LogP contribution >= 0.6 is 0 Å². The van der Waals surface area contributed by atoms with Crippen molar-refractivity contribution in [3.8, 4) is 0 Å². The molecule has 4 nitrogen and oxygen atoms in total. The van der Waals surface area contributed by atoms with Crippen LogP contribution in [0.3, 0.4) is 0 Å². The van der Waals surface area contributed by atoms with Gasteiger partial charge in [-0.1, -0.05) is 12.8 Å². The maximum Gasteiger partial charge on any atom is 0.216 e. The number of rotatable bonds is 3. The van der Waals surface area contributed by atoms with Crippen molar-refractivity contribution >= 4 is 5.91 Å². The number of aliphatic hydroxyl groups excluding tert-OH is 1. The minimum Gasteiger partial charge on any atom is -0.391 e. The van der Waals surface area contributed by atoms with Crippen molar-refractivity contribution in [2.75, 3.05) is 19.6 Å². The van der Waals surface area contributed by atoms with Crippen molar-refractivity contribution in [2.24, 2.45) is 5.92 Å². The zero-order valence-corrected chi connectivity index (χ0v) is 11.4. The van der Waals surface area contributed by atoms with E-state index in [0.29, 0.717) is 12.0 Å².